The van der Waals surface area contributed by atoms with Gasteiger partial charge < -0.3 is 14.7 Å². The second kappa shape index (κ2) is 6.95. The van der Waals surface area contributed by atoms with E-state index in [1.165, 1.54) is 26.0 Å². The van der Waals surface area contributed by atoms with Crippen molar-refractivity contribution >= 4 is 57.2 Å². The fourth-order valence-corrected chi connectivity index (χ4v) is 5.69. The number of hydrogen-bond acceptors (Lipinski definition) is 6. The summed E-state index contributed by atoms with van der Waals surface area (Å²) in [7, 11) is -3.92. The Balaban J connectivity index is 0.00000243. The van der Waals surface area contributed by atoms with Gasteiger partial charge >= 0.3 is 41.5 Å². The van der Waals surface area contributed by atoms with E-state index in [2.05, 4.69) is 0 Å². The van der Waals surface area contributed by atoms with Gasteiger partial charge in [-0.15, -0.1) is 0 Å². The number of carbonyl (C=O) groups is 3. The van der Waals surface area contributed by atoms with Gasteiger partial charge in [0.05, 0.1) is 10.3 Å². The van der Waals surface area contributed by atoms with E-state index in [0.29, 0.717) is 0 Å². The molecular weight excluding hydrogens is 373 g/mol. The molecule has 2 heterocycles. The molecule has 2 aliphatic rings. The van der Waals surface area contributed by atoms with E-state index in [-0.39, 0.29) is 35.1 Å². The van der Waals surface area contributed by atoms with Gasteiger partial charge in [-0.1, -0.05) is 18.2 Å². The van der Waals surface area contributed by atoms with Gasteiger partial charge in [-0.05, 0) is 26.0 Å². The molecule has 3 atom stereocenters. The predicted molar refractivity (Wildman–Crippen MR) is 92.4 cm³/mol. The summed E-state index contributed by atoms with van der Waals surface area (Å²) in [4.78, 5) is 36.6. The Morgan fingerprint density at radius 3 is 2.35 bits per heavy atom. The summed E-state index contributed by atoms with van der Waals surface area (Å²) in [5, 5.41) is 8.05. The Morgan fingerprint density at radius 2 is 1.81 bits per heavy atom. The van der Waals surface area contributed by atoms with Crippen molar-refractivity contribution in [1.29, 1.82) is 0 Å². The number of sulfone groups is 1. The van der Waals surface area contributed by atoms with Gasteiger partial charge in [0.1, 0.15) is 18.6 Å². The van der Waals surface area contributed by atoms with Crippen molar-refractivity contribution in [3.8, 4) is 0 Å². The number of rotatable bonds is 4. The zero-order chi connectivity index (χ0) is 18.6. The fourth-order valence-electron chi connectivity index (χ4n) is 3.39. The van der Waals surface area contributed by atoms with Gasteiger partial charge in [0.25, 0.3) is 0 Å². The summed E-state index contributed by atoms with van der Waals surface area (Å²) in [5.41, 5.74) is 0.282. The van der Waals surface area contributed by atoms with Crippen molar-refractivity contribution in [3.05, 3.63) is 35.9 Å². The minimum atomic E-state index is -3.92. The number of fused-ring (bicyclic) bond motifs is 1. The molecule has 3 rings (SSSR count). The molecule has 0 aromatic heterocycles. The number of β-lactam (4-membered cyclic amide) rings is 1. The second-order valence-electron chi connectivity index (χ2n) is 6.60. The van der Waals surface area contributed by atoms with Crippen LogP contribution in [0, 0.1) is 5.92 Å². The molecule has 136 valence electrons. The molecule has 2 fully saturated rings. The third-order valence-corrected chi connectivity index (χ3v) is 7.70. The van der Waals surface area contributed by atoms with Crippen molar-refractivity contribution < 1.29 is 32.6 Å². The van der Waals surface area contributed by atoms with Crippen LogP contribution in [0.3, 0.4) is 0 Å². The van der Waals surface area contributed by atoms with Crippen LogP contribution in [-0.2, 0) is 24.2 Å². The molecule has 0 bridgehead atoms. The number of benzene rings is 1. The van der Waals surface area contributed by atoms with Crippen molar-refractivity contribution in [3.63, 3.8) is 0 Å². The first kappa shape index (κ1) is 20.9. The number of esters is 1. The Kier molecular flexibility index (Phi) is 5.59. The van der Waals surface area contributed by atoms with E-state index in [0.717, 1.165) is 4.90 Å². The molecular formula is C16H18NNaO7S. The molecule has 26 heavy (non-hydrogen) atoms. The molecule has 8 nitrogen and oxygen atoms in total. The Labute approximate surface area is 172 Å². The first-order valence-electron chi connectivity index (χ1n) is 7.61. The monoisotopic (exact) mass is 391 g/mol. The summed E-state index contributed by atoms with van der Waals surface area (Å²) in [6, 6.07) is 6.64. The van der Waals surface area contributed by atoms with E-state index in [1.807, 2.05) is 0 Å². The number of nitrogens with zero attached hydrogens (tertiary/aromatic N) is 1. The topological polar surface area (TPSA) is 118 Å². The van der Waals surface area contributed by atoms with Crippen LogP contribution >= 0.6 is 0 Å². The summed E-state index contributed by atoms with van der Waals surface area (Å²) in [6.07, 6.45) is 0. The van der Waals surface area contributed by atoms with Crippen LogP contribution in [0.5, 0.6) is 0 Å². The van der Waals surface area contributed by atoms with E-state index >= 15 is 0 Å². The van der Waals surface area contributed by atoms with E-state index in [9.17, 15) is 27.9 Å². The van der Waals surface area contributed by atoms with Crippen molar-refractivity contribution in [1.82, 2.24) is 4.90 Å². The zero-order valence-electron chi connectivity index (χ0n) is 13.6. The maximum absolute atomic E-state index is 12.7. The van der Waals surface area contributed by atoms with Crippen LogP contribution in [0.15, 0.2) is 30.3 Å². The standard InChI is InChI=1S/C16H17NO7S.Na.H/c1-16(2)11(14(19)20)17-12(18)10(13(17)25(16,22)23)8-24-15(21)9-6-4-3-5-7-9;;/h3-7,10-11,13H,8H2,1-2H3,(H,19,20);;/t10-,11+,13-;;/m1../s1. The number of hydrogen-bond donors (Lipinski definition) is 1. The number of carbonyl (C=O) groups excluding carboxylic acids is 2. The maximum atomic E-state index is 12.7. The predicted octanol–water partition coefficient (Wildman–Crippen LogP) is -0.360. The SMILES string of the molecule is CC1(C)[C@H](C(=O)O)N2C(=O)[C@@H](COC(=O)c3ccccc3)[C@H]2S1(=O)=O.[NaH]. The molecule has 1 aromatic carbocycles. The molecule has 10 heteroatoms. The third-order valence-electron chi connectivity index (χ3n) is 4.82. The van der Waals surface area contributed by atoms with Crippen molar-refractivity contribution in [2.45, 2.75) is 30.0 Å². The molecule has 1 aromatic rings. The minimum absolute atomic E-state index is 0. The van der Waals surface area contributed by atoms with Crippen LogP contribution in [0.4, 0.5) is 0 Å². The normalized spacial score (nSPS) is 27.7. The van der Waals surface area contributed by atoms with Crippen LogP contribution in [0.25, 0.3) is 0 Å². The Bertz CT molecular complexity index is 853. The van der Waals surface area contributed by atoms with E-state index in [4.69, 9.17) is 4.74 Å². The molecule has 1 N–H and O–H groups in total. The van der Waals surface area contributed by atoms with Crippen LogP contribution in [0.1, 0.15) is 24.2 Å². The fraction of sp³-hybridized carbons (Fsp3) is 0.438. The van der Waals surface area contributed by atoms with Gasteiger partial charge in [-0.3, -0.25) is 4.79 Å². The number of carboxylic acids is 1. The molecule has 0 saturated carbocycles. The van der Waals surface area contributed by atoms with Gasteiger partial charge in [0.2, 0.25) is 5.91 Å². The molecule has 1 amide bonds. The van der Waals surface area contributed by atoms with Crippen molar-refractivity contribution in [2.24, 2.45) is 5.92 Å². The van der Waals surface area contributed by atoms with E-state index in [1.54, 1.807) is 18.2 Å². The average Bonchev–Trinajstić information content (AvgIpc) is 2.69. The number of amides is 1. The second-order valence-corrected chi connectivity index (χ2v) is 9.22. The Morgan fingerprint density at radius 1 is 1.23 bits per heavy atom. The first-order chi connectivity index (χ1) is 11.6. The van der Waals surface area contributed by atoms with Gasteiger partial charge in [-0.2, -0.15) is 0 Å². The molecule has 2 aliphatic heterocycles. The molecule has 0 aliphatic carbocycles. The average molecular weight is 391 g/mol. The molecule has 0 unspecified atom stereocenters. The molecule has 2 saturated heterocycles. The quantitative estimate of drug-likeness (QED) is 0.423. The van der Waals surface area contributed by atoms with E-state index < -0.39 is 56.4 Å². The number of carboxylic acid groups (broad SMARTS) is 1. The first-order valence-corrected chi connectivity index (χ1v) is 9.16. The van der Waals surface area contributed by atoms with Crippen LogP contribution < -0.4 is 0 Å². The third kappa shape index (κ3) is 2.87. The van der Waals surface area contributed by atoms with Crippen LogP contribution in [0.2, 0.25) is 0 Å². The van der Waals surface area contributed by atoms with Crippen LogP contribution in [-0.4, -0.2) is 88.6 Å². The molecule has 0 radical (unpaired) electrons. The van der Waals surface area contributed by atoms with Crippen molar-refractivity contribution in [2.75, 3.05) is 6.61 Å². The van der Waals surface area contributed by atoms with Gasteiger partial charge in [0, 0.05) is 0 Å². The summed E-state index contributed by atoms with van der Waals surface area (Å²) >= 11 is 0. The summed E-state index contributed by atoms with van der Waals surface area (Å²) in [5.74, 6) is -3.76. The summed E-state index contributed by atoms with van der Waals surface area (Å²) < 4.78 is 28.8. The van der Waals surface area contributed by atoms with Gasteiger partial charge in [-0.25, -0.2) is 18.0 Å². The molecule has 0 spiro atoms. The number of ether oxygens (including phenoxy) is 1. The zero-order valence-corrected chi connectivity index (χ0v) is 14.4. The summed E-state index contributed by atoms with van der Waals surface area (Å²) in [6.45, 7) is 2.18. The number of aliphatic carboxylic acids is 1. The Hall–Kier alpha value is -1.42. The van der Waals surface area contributed by atoms with Gasteiger partial charge in [0.15, 0.2) is 15.2 Å².